The summed E-state index contributed by atoms with van der Waals surface area (Å²) in [6, 6.07) is 10.6. The smallest absolute Gasteiger partial charge is 0.278 e. The third-order valence-electron chi connectivity index (χ3n) is 4.14. The number of nitrogens with zero attached hydrogens (tertiary/aromatic N) is 1. The number of hydrogen-bond donors (Lipinski definition) is 2. The second-order valence-electron chi connectivity index (χ2n) is 6.22. The minimum atomic E-state index is -0.351. The summed E-state index contributed by atoms with van der Waals surface area (Å²) in [6.45, 7) is 2.21. The summed E-state index contributed by atoms with van der Waals surface area (Å²) < 4.78 is 5.03. The summed E-state index contributed by atoms with van der Waals surface area (Å²) in [5, 5.41) is 7.65. The van der Waals surface area contributed by atoms with E-state index in [2.05, 4.69) is 10.6 Å². The van der Waals surface area contributed by atoms with Crippen molar-refractivity contribution in [2.75, 3.05) is 30.9 Å². The third kappa shape index (κ3) is 4.29. The Morgan fingerprint density at radius 1 is 1.11 bits per heavy atom. The Morgan fingerprint density at radius 2 is 1.82 bits per heavy atom. The van der Waals surface area contributed by atoms with E-state index in [1.807, 2.05) is 17.5 Å². The van der Waals surface area contributed by atoms with Crippen LogP contribution in [0.2, 0.25) is 0 Å². The summed E-state index contributed by atoms with van der Waals surface area (Å²) in [5.41, 5.74) is 1.94. The number of hydrogen-bond acceptors (Lipinski definition) is 6. The van der Waals surface area contributed by atoms with Crippen molar-refractivity contribution in [3.8, 4) is 0 Å². The van der Waals surface area contributed by atoms with Gasteiger partial charge in [-0.3, -0.25) is 19.3 Å². The highest BCUT2D eigenvalue weighted by Crippen LogP contribution is 2.33. The molecule has 146 valence electrons. The molecule has 0 bridgehead atoms. The Hall–Kier alpha value is -2.97. The first kappa shape index (κ1) is 19.8. The van der Waals surface area contributed by atoms with E-state index in [1.165, 1.54) is 23.2 Å². The monoisotopic (exact) mass is 399 g/mol. The summed E-state index contributed by atoms with van der Waals surface area (Å²) in [7, 11) is 1.58. The predicted octanol–water partition coefficient (Wildman–Crippen LogP) is 2.94. The molecular weight excluding hydrogens is 378 g/mol. The number of rotatable bonds is 8. The normalized spacial score (nSPS) is 14.0. The molecule has 0 aliphatic carbocycles. The second kappa shape index (κ2) is 8.81. The van der Waals surface area contributed by atoms with Gasteiger partial charge in [0.15, 0.2) is 0 Å². The van der Waals surface area contributed by atoms with Gasteiger partial charge in [0.05, 0.1) is 5.57 Å². The van der Waals surface area contributed by atoms with Gasteiger partial charge in [-0.05, 0) is 42.1 Å². The first-order chi connectivity index (χ1) is 13.5. The highest BCUT2D eigenvalue weighted by atomic mass is 32.1. The maximum atomic E-state index is 12.9. The average Bonchev–Trinajstić information content (AvgIpc) is 3.26. The van der Waals surface area contributed by atoms with Gasteiger partial charge in [0, 0.05) is 43.4 Å². The number of ether oxygens (including phenoxy) is 1. The molecule has 8 heteroatoms. The van der Waals surface area contributed by atoms with Gasteiger partial charge in [-0.25, -0.2) is 0 Å². The summed E-state index contributed by atoms with van der Waals surface area (Å²) in [5.74, 6) is -0.817. The Morgan fingerprint density at radius 3 is 2.43 bits per heavy atom. The molecule has 0 atom stereocenters. The van der Waals surface area contributed by atoms with Crippen LogP contribution in [0.4, 0.5) is 11.4 Å². The number of anilines is 2. The van der Waals surface area contributed by atoms with E-state index < -0.39 is 0 Å². The molecule has 0 fully saturated rings. The van der Waals surface area contributed by atoms with Crippen LogP contribution in [-0.4, -0.2) is 42.9 Å². The summed E-state index contributed by atoms with van der Waals surface area (Å²) in [6.07, 6.45) is 0.574. The van der Waals surface area contributed by atoms with Crippen molar-refractivity contribution < 1.29 is 19.1 Å². The molecule has 0 spiro atoms. The molecule has 1 aliphatic rings. The van der Waals surface area contributed by atoms with Crippen LogP contribution in [0.25, 0.3) is 5.57 Å². The van der Waals surface area contributed by atoms with Gasteiger partial charge in [0.25, 0.3) is 11.8 Å². The number of carbonyl (C=O) groups excluding carboxylic acids is 3. The minimum Gasteiger partial charge on any atom is -0.385 e. The van der Waals surface area contributed by atoms with Gasteiger partial charge >= 0.3 is 0 Å². The molecule has 3 amide bonds. The lowest BCUT2D eigenvalue weighted by atomic mass is 10.2. The lowest BCUT2D eigenvalue weighted by Crippen LogP contribution is -2.33. The van der Waals surface area contributed by atoms with E-state index in [0.717, 1.165) is 4.88 Å². The predicted molar refractivity (Wildman–Crippen MR) is 109 cm³/mol. The fraction of sp³-hybridized carbons (Fsp3) is 0.250. The van der Waals surface area contributed by atoms with Crippen molar-refractivity contribution in [3.05, 3.63) is 52.4 Å². The van der Waals surface area contributed by atoms with E-state index in [4.69, 9.17) is 4.74 Å². The molecule has 1 aliphatic heterocycles. The standard InChI is InChI=1S/C20H21N3O4S/c1-13(24)21-14-6-8-15(9-7-14)22-18-17(16-5-3-12-28-16)19(25)23(20(18)26)10-4-11-27-2/h3,5-9,12,22H,4,10-11H2,1-2H3,(H,21,24). The third-order valence-corrected chi connectivity index (χ3v) is 5.03. The Kier molecular flexibility index (Phi) is 6.23. The number of carbonyl (C=O) groups is 3. The molecule has 28 heavy (non-hydrogen) atoms. The Bertz CT molecular complexity index is 904. The number of thiophene rings is 1. The Balaban J connectivity index is 1.87. The van der Waals surface area contributed by atoms with Crippen molar-refractivity contribution in [2.45, 2.75) is 13.3 Å². The zero-order valence-electron chi connectivity index (χ0n) is 15.7. The van der Waals surface area contributed by atoms with Crippen LogP contribution in [0.5, 0.6) is 0 Å². The van der Waals surface area contributed by atoms with Crippen molar-refractivity contribution in [3.63, 3.8) is 0 Å². The number of imide groups is 1. The van der Waals surface area contributed by atoms with Gasteiger partial charge < -0.3 is 15.4 Å². The number of benzene rings is 1. The highest BCUT2D eigenvalue weighted by molar-refractivity contribution is 7.11. The van der Waals surface area contributed by atoms with Crippen LogP contribution in [0.15, 0.2) is 47.5 Å². The zero-order chi connectivity index (χ0) is 20.1. The van der Waals surface area contributed by atoms with E-state index in [9.17, 15) is 14.4 Å². The molecule has 1 aromatic carbocycles. The van der Waals surface area contributed by atoms with Gasteiger partial charge in [0.2, 0.25) is 5.91 Å². The number of methoxy groups -OCH3 is 1. The maximum absolute atomic E-state index is 12.9. The molecule has 0 unspecified atom stereocenters. The first-order valence-corrected chi connectivity index (χ1v) is 9.67. The van der Waals surface area contributed by atoms with Crippen LogP contribution < -0.4 is 10.6 Å². The van der Waals surface area contributed by atoms with Crippen LogP contribution in [0.3, 0.4) is 0 Å². The highest BCUT2D eigenvalue weighted by Gasteiger charge is 2.39. The maximum Gasteiger partial charge on any atom is 0.278 e. The Labute approximate surface area is 167 Å². The lowest BCUT2D eigenvalue weighted by Gasteiger charge is -2.15. The fourth-order valence-corrected chi connectivity index (χ4v) is 3.66. The van der Waals surface area contributed by atoms with Crippen molar-refractivity contribution in [1.29, 1.82) is 0 Å². The quantitative estimate of drug-likeness (QED) is 0.526. The number of amides is 3. The molecule has 0 radical (unpaired) electrons. The molecule has 0 saturated carbocycles. The van der Waals surface area contributed by atoms with Gasteiger partial charge in [-0.15, -0.1) is 11.3 Å². The topological polar surface area (TPSA) is 87.7 Å². The molecular formula is C20H21N3O4S. The largest absolute Gasteiger partial charge is 0.385 e. The van der Waals surface area contributed by atoms with E-state index in [-0.39, 0.29) is 23.4 Å². The van der Waals surface area contributed by atoms with E-state index in [1.54, 1.807) is 31.4 Å². The zero-order valence-corrected chi connectivity index (χ0v) is 16.5. The summed E-state index contributed by atoms with van der Waals surface area (Å²) >= 11 is 1.41. The minimum absolute atomic E-state index is 0.160. The molecule has 2 N–H and O–H groups in total. The van der Waals surface area contributed by atoms with Gasteiger partial charge in [-0.1, -0.05) is 6.07 Å². The fourth-order valence-electron chi connectivity index (χ4n) is 2.90. The van der Waals surface area contributed by atoms with E-state index in [0.29, 0.717) is 36.5 Å². The van der Waals surface area contributed by atoms with Crippen molar-refractivity contribution >= 4 is 46.0 Å². The molecule has 0 saturated heterocycles. The molecule has 1 aromatic heterocycles. The second-order valence-corrected chi connectivity index (χ2v) is 7.17. The van der Waals surface area contributed by atoms with Crippen LogP contribution in [0.1, 0.15) is 18.2 Å². The summed E-state index contributed by atoms with van der Waals surface area (Å²) in [4.78, 5) is 39.0. The van der Waals surface area contributed by atoms with Crippen LogP contribution >= 0.6 is 11.3 Å². The molecule has 2 heterocycles. The van der Waals surface area contributed by atoms with Crippen LogP contribution in [-0.2, 0) is 19.1 Å². The molecule has 2 aromatic rings. The van der Waals surface area contributed by atoms with Gasteiger partial charge in [0.1, 0.15) is 5.70 Å². The van der Waals surface area contributed by atoms with Crippen molar-refractivity contribution in [2.24, 2.45) is 0 Å². The number of nitrogens with one attached hydrogen (secondary N) is 2. The first-order valence-electron chi connectivity index (χ1n) is 8.79. The average molecular weight is 399 g/mol. The SMILES string of the molecule is COCCCN1C(=O)C(Nc2ccc(NC(C)=O)cc2)=C(c2cccs2)C1=O. The van der Waals surface area contributed by atoms with E-state index >= 15 is 0 Å². The molecule has 7 nitrogen and oxygen atoms in total. The van der Waals surface area contributed by atoms with Crippen LogP contribution in [0, 0.1) is 0 Å². The molecule has 3 rings (SSSR count). The lowest BCUT2D eigenvalue weighted by molar-refractivity contribution is -0.137. The van der Waals surface area contributed by atoms with Crippen molar-refractivity contribution in [1.82, 2.24) is 4.90 Å². The van der Waals surface area contributed by atoms with Gasteiger partial charge in [-0.2, -0.15) is 0 Å².